The molecule has 0 spiro atoms. The SMILES string of the molecule is CC(C)(C)S/N=C/c1cc(C(F)(F)F)ccc1F. The molecule has 1 rings (SSSR count). The van der Waals surface area contributed by atoms with Gasteiger partial charge in [0.05, 0.1) is 5.56 Å². The molecule has 0 aromatic heterocycles. The molecule has 6 heteroatoms. The summed E-state index contributed by atoms with van der Waals surface area (Å²) in [6.45, 7) is 5.70. The molecule has 0 unspecified atom stereocenters. The first kappa shape index (κ1) is 15.0. The van der Waals surface area contributed by atoms with Crippen LogP contribution in [0.5, 0.6) is 0 Å². The molecule has 0 fully saturated rings. The molecule has 100 valence electrons. The molecule has 18 heavy (non-hydrogen) atoms. The molecule has 0 atom stereocenters. The van der Waals surface area contributed by atoms with E-state index < -0.39 is 17.6 Å². The number of hydrogen-bond donors (Lipinski definition) is 0. The van der Waals surface area contributed by atoms with E-state index in [2.05, 4.69) is 4.40 Å². The van der Waals surface area contributed by atoms with Crippen molar-refractivity contribution < 1.29 is 17.6 Å². The van der Waals surface area contributed by atoms with Crippen molar-refractivity contribution in [2.24, 2.45) is 4.40 Å². The molecule has 0 aliphatic carbocycles. The number of hydrogen-bond acceptors (Lipinski definition) is 2. The molecule has 0 N–H and O–H groups in total. The van der Waals surface area contributed by atoms with Crippen LogP contribution in [0.3, 0.4) is 0 Å². The molecule has 0 saturated carbocycles. The second kappa shape index (κ2) is 5.30. The van der Waals surface area contributed by atoms with E-state index in [0.717, 1.165) is 18.3 Å². The highest BCUT2D eigenvalue weighted by molar-refractivity contribution is 7.99. The maximum Gasteiger partial charge on any atom is 0.416 e. The molecule has 0 heterocycles. The van der Waals surface area contributed by atoms with Gasteiger partial charge in [0.15, 0.2) is 0 Å². The number of rotatable bonds is 2. The Morgan fingerprint density at radius 1 is 1.17 bits per heavy atom. The van der Waals surface area contributed by atoms with Gasteiger partial charge in [0, 0.05) is 16.5 Å². The lowest BCUT2D eigenvalue weighted by molar-refractivity contribution is -0.137. The van der Waals surface area contributed by atoms with Crippen molar-refractivity contribution in [2.75, 3.05) is 0 Å². The Balaban J connectivity index is 2.95. The van der Waals surface area contributed by atoms with Crippen molar-refractivity contribution in [3.05, 3.63) is 35.1 Å². The van der Waals surface area contributed by atoms with Crippen molar-refractivity contribution in [3.8, 4) is 0 Å². The van der Waals surface area contributed by atoms with Crippen LogP contribution in [0.4, 0.5) is 17.6 Å². The van der Waals surface area contributed by atoms with E-state index in [4.69, 9.17) is 0 Å². The second-order valence-electron chi connectivity index (χ2n) is 4.67. The zero-order chi connectivity index (χ0) is 14.0. The van der Waals surface area contributed by atoms with Crippen molar-refractivity contribution in [1.29, 1.82) is 0 Å². The van der Waals surface area contributed by atoms with Crippen LogP contribution in [-0.4, -0.2) is 11.0 Å². The van der Waals surface area contributed by atoms with Gasteiger partial charge in [-0.2, -0.15) is 13.2 Å². The Bertz CT molecular complexity index is 446. The zero-order valence-corrected chi connectivity index (χ0v) is 11.0. The van der Waals surface area contributed by atoms with Crippen LogP contribution in [0, 0.1) is 5.82 Å². The summed E-state index contributed by atoms with van der Waals surface area (Å²) in [5.74, 6) is -0.721. The third kappa shape index (κ3) is 4.68. The van der Waals surface area contributed by atoms with Gasteiger partial charge in [-0.25, -0.2) is 8.79 Å². The normalized spacial score (nSPS) is 13.3. The quantitative estimate of drug-likeness (QED) is 0.434. The first-order valence-corrected chi connectivity index (χ1v) is 5.95. The Kier molecular flexibility index (Phi) is 4.42. The lowest BCUT2D eigenvalue weighted by Crippen LogP contribution is -2.07. The topological polar surface area (TPSA) is 12.4 Å². The summed E-state index contributed by atoms with van der Waals surface area (Å²) < 4.78 is 54.3. The highest BCUT2D eigenvalue weighted by atomic mass is 32.2. The zero-order valence-electron chi connectivity index (χ0n) is 10.2. The second-order valence-corrected chi connectivity index (χ2v) is 6.29. The third-order valence-corrected chi connectivity index (χ3v) is 2.60. The number of halogens is 4. The van der Waals surface area contributed by atoms with E-state index in [1.807, 2.05) is 20.8 Å². The molecule has 1 nitrogen and oxygen atoms in total. The monoisotopic (exact) mass is 279 g/mol. The van der Waals surface area contributed by atoms with Crippen LogP contribution in [0.2, 0.25) is 0 Å². The molecular formula is C12H13F4NS. The standard InChI is InChI=1S/C12H13F4NS/c1-11(2,3)18-17-7-8-6-9(12(14,15)16)4-5-10(8)13/h4-7H,1-3H3/b17-7+. The minimum absolute atomic E-state index is 0.165. The van der Waals surface area contributed by atoms with Crippen LogP contribution >= 0.6 is 11.9 Å². The summed E-state index contributed by atoms with van der Waals surface area (Å²) in [6.07, 6.45) is -3.37. The molecule has 0 aliphatic heterocycles. The Morgan fingerprint density at radius 3 is 2.28 bits per heavy atom. The van der Waals surface area contributed by atoms with Crippen molar-refractivity contribution >= 4 is 18.2 Å². The molecule has 0 amide bonds. The molecule has 0 aliphatic rings. The number of benzene rings is 1. The van der Waals surface area contributed by atoms with Crippen molar-refractivity contribution in [1.82, 2.24) is 0 Å². The summed E-state index contributed by atoms with van der Waals surface area (Å²) in [6, 6.07) is 2.26. The average molecular weight is 279 g/mol. The summed E-state index contributed by atoms with van der Waals surface area (Å²) in [4.78, 5) is 0. The van der Waals surface area contributed by atoms with Gasteiger partial charge in [0.2, 0.25) is 0 Å². The van der Waals surface area contributed by atoms with Crippen LogP contribution < -0.4 is 0 Å². The molecule has 0 saturated heterocycles. The van der Waals surface area contributed by atoms with E-state index in [1.54, 1.807) is 0 Å². The summed E-state index contributed by atoms with van der Waals surface area (Å²) in [5, 5.41) is 0. The third-order valence-electron chi connectivity index (χ3n) is 1.84. The fourth-order valence-corrected chi connectivity index (χ4v) is 1.54. The van der Waals surface area contributed by atoms with Gasteiger partial charge in [-0.3, -0.25) is 0 Å². The minimum atomic E-state index is -4.48. The summed E-state index contributed by atoms with van der Waals surface area (Å²) >= 11 is 1.17. The first-order valence-electron chi connectivity index (χ1n) is 5.18. The van der Waals surface area contributed by atoms with E-state index >= 15 is 0 Å². The molecule has 1 aromatic rings. The number of alkyl halides is 3. The smallest absolute Gasteiger partial charge is 0.223 e. The van der Waals surface area contributed by atoms with Crippen molar-refractivity contribution in [3.63, 3.8) is 0 Å². The molecule has 0 radical (unpaired) electrons. The fraction of sp³-hybridized carbons (Fsp3) is 0.417. The van der Waals surface area contributed by atoms with Gasteiger partial charge < -0.3 is 0 Å². The van der Waals surface area contributed by atoms with Gasteiger partial charge in [-0.05, 0) is 50.9 Å². The van der Waals surface area contributed by atoms with E-state index in [1.165, 1.54) is 11.9 Å². The van der Waals surface area contributed by atoms with Crippen LogP contribution in [0.15, 0.2) is 22.6 Å². The van der Waals surface area contributed by atoms with Gasteiger partial charge >= 0.3 is 6.18 Å². The van der Waals surface area contributed by atoms with Gasteiger partial charge in [-0.15, -0.1) is 0 Å². The van der Waals surface area contributed by atoms with Gasteiger partial charge in [0.1, 0.15) is 5.82 Å². The molecule has 1 aromatic carbocycles. The Labute approximate surface area is 107 Å². The van der Waals surface area contributed by atoms with Crippen LogP contribution in [-0.2, 0) is 6.18 Å². The highest BCUT2D eigenvalue weighted by Gasteiger charge is 2.30. The van der Waals surface area contributed by atoms with Gasteiger partial charge in [-0.1, -0.05) is 0 Å². The van der Waals surface area contributed by atoms with Crippen LogP contribution in [0.25, 0.3) is 0 Å². The number of nitrogens with zero attached hydrogens (tertiary/aromatic N) is 1. The molecule has 0 bridgehead atoms. The average Bonchev–Trinajstić information content (AvgIpc) is 2.17. The predicted molar refractivity (Wildman–Crippen MR) is 66.3 cm³/mol. The maximum atomic E-state index is 13.3. The molecular weight excluding hydrogens is 266 g/mol. The fourth-order valence-electron chi connectivity index (χ4n) is 1.06. The highest BCUT2D eigenvalue weighted by Crippen LogP contribution is 2.30. The first-order chi connectivity index (χ1) is 8.09. The maximum absolute atomic E-state index is 13.3. The summed E-state index contributed by atoms with van der Waals surface area (Å²) in [7, 11) is 0. The lowest BCUT2D eigenvalue weighted by atomic mass is 10.1. The predicted octanol–water partition coefficient (Wildman–Crippen LogP) is 4.71. The van der Waals surface area contributed by atoms with Crippen molar-refractivity contribution in [2.45, 2.75) is 31.7 Å². The van der Waals surface area contributed by atoms with E-state index in [0.29, 0.717) is 6.07 Å². The van der Waals surface area contributed by atoms with E-state index in [-0.39, 0.29) is 10.3 Å². The largest absolute Gasteiger partial charge is 0.416 e. The summed E-state index contributed by atoms with van der Waals surface area (Å²) in [5.41, 5.74) is -1.05. The van der Waals surface area contributed by atoms with Crippen LogP contribution in [0.1, 0.15) is 31.9 Å². The van der Waals surface area contributed by atoms with Gasteiger partial charge in [0.25, 0.3) is 0 Å². The minimum Gasteiger partial charge on any atom is -0.223 e. The van der Waals surface area contributed by atoms with E-state index in [9.17, 15) is 17.6 Å². The Morgan fingerprint density at radius 2 is 1.78 bits per heavy atom. The Hall–Kier alpha value is -1.04. The lowest BCUT2D eigenvalue weighted by Gasteiger charge is -2.12.